The van der Waals surface area contributed by atoms with Gasteiger partial charge in [-0.05, 0) is 36.1 Å². The molecule has 1 aromatic heterocycles. The Morgan fingerprint density at radius 2 is 1.83 bits per heavy atom. The van der Waals surface area contributed by atoms with Crippen LogP contribution in [0.5, 0.6) is 0 Å². The molecular formula is C20H19NO3. The number of hydrogen-bond donors (Lipinski definition) is 1. The Bertz CT molecular complexity index is 943. The molecule has 1 amide bonds. The molecule has 1 atom stereocenters. The van der Waals surface area contributed by atoms with Crippen LogP contribution in [0.4, 0.5) is 5.69 Å². The first-order valence-electron chi connectivity index (χ1n) is 8.03. The number of benzene rings is 2. The fraction of sp³-hybridized carbons (Fsp3) is 0.200. The average Bonchev–Trinajstić information content (AvgIpc) is 2.60. The molecule has 0 saturated heterocycles. The minimum absolute atomic E-state index is 0.00709. The zero-order valence-corrected chi connectivity index (χ0v) is 13.7. The molecule has 2 aromatic carbocycles. The average molecular weight is 321 g/mol. The molecule has 0 radical (unpaired) electrons. The molecule has 1 heterocycles. The standard InChI is InChI=1S/C20H19NO3/c1-3-13(2)15-9-5-6-10-17(15)21-19(22)16-12-14-8-4-7-11-18(14)24-20(16)23/h4-13H,3H2,1-2H3,(H,21,22). The molecule has 0 aliphatic heterocycles. The number of carbonyl (C=O) groups excluding carboxylic acids is 1. The number of fused-ring (bicyclic) bond motifs is 1. The van der Waals surface area contributed by atoms with Gasteiger partial charge in [0.15, 0.2) is 0 Å². The Kier molecular flexibility index (Phi) is 4.47. The van der Waals surface area contributed by atoms with E-state index in [0.717, 1.165) is 23.1 Å². The summed E-state index contributed by atoms with van der Waals surface area (Å²) in [5.41, 5.74) is 1.63. The van der Waals surface area contributed by atoms with Crippen molar-refractivity contribution in [1.29, 1.82) is 0 Å². The van der Waals surface area contributed by atoms with Gasteiger partial charge in [-0.15, -0.1) is 0 Å². The van der Waals surface area contributed by atoms with E-state index >= 15 is 0 Å². The van der Waals surface area contributed by atoms with Crippen LogP contribution in [0.1, 0.15) is 42.1 Å². The van der Waals surface area contributed by atoms with Crippen molar-refractivity contribution in [2.24, 2.45) is 0 Å². The fourth-order valence-corrected chi connectivity index (χ4v) is 2.67. The molecule has 0 saturated carbocycles. The topological polar surface area (TPSA) is 59.3 Å². The van der Waals surface area contributed by atoms with E-state index in [1.54, 1.807) is 18.2 Å². The number of carbonyl (C=O) groups is 1. The lowest BCUT2D eigenvalue weighted by Crippen LogP contribution is -2.21. The molecule has 0 fully saturated rings. The van der Waals surface area contributed by atoms with Crippen LogP contribution >= 0.6 is 0 Å². The largest absolute Gasteiger partial charge is 0.422 e. The highest BCUT2D eigenvalue weighted by atomic mass is 16.4. The van der Waals surface area contributed by atoms with Gasteiger partial charge in [-0.2, -0.15) is 0 Å². The van der Waals surface area contributed by atoms with Crippen LogP contribution in [0.3, 0.4) is 0 Å². The summed E-state index contributed by atoms with van der Waals surface area (Å²) >= 11 is 0. The summed E-state index contributed by atoms with van der Waals surface area (Å²) < 4.78 is 5.23. The minimum atomic E-state index is -0.632. The Balaban J connectivity index is 1.97. The maximum atomic E-state index is 12.6. The van der Waals surface area contributed by atoms with Gasteiger partial charge in [-0.1, -0.05) is 50.2 Å². The quantitative estimate of drug-likeness (QED) is 0.717. The van der Waals surface area contributed by atoms with Gasteiger partial charge in [0.2, 0.25) is 0 Å². The molecule has 0 bridgehead atoms. The van der Waals surface area contributed by atoms with Gasteiger partial charge in [0.1, 0.15) is 11.1 Å². The van der Waals surface area contributed by atoms with Gasteiger partial charge in [-0.25, -0.2) is 4.79 Å². The smallest absolute Gasteiger partial charge is 0.349 e. The Hall–Kier alpha value is -2.88. The minimum Gasteiger partial charge on any atom is -0.422 e. The van der Waals surface area contributed by atoms with Crippen molar-refractivity contribution in [2.45, 2.75) is 26.2 Å². The van der Waals surface area contributed by atoms with Gasteiger partial charge < -0.3 is 9.73 Å². The van der Waals surface area contributed by atoms with Crippen LogP contribution in [-0.2, 0) is 0 Å². The molecule has 122 valence electrons. The van der Waals surface area contributed by atoms with Crippen LogP contribution < -0.4 is 10.9 Å². The van der Waals surface area contributed by atoms with E-state index in [0.29, 0.717) is 11.5 Å². The number of amides is 1. The van der Waals surface area contributed by atoms with Crippen LogP contribution in [0.25, 0.3) is 11.0 Å². The molecule has 3 aromatic rings. The molecule has 0 aliphatic rings. The molecule has 1 unspecified atom stereocenters. The predicted octanol–water partition coefficient (Wildman–Crippen LogP) is 4.56. The summed E-state index contributed by atoms with van der Waals surface area (Å²) in [5, 5.41) is 3.57. The Morgan fingerprint density at radius 3 is 2.62 bits per heavy atom. The van der Waals surface area contributed by atoms with Crippen molar-refractivity contribution in [3.8, 4) is 0 Å². The van der Waals surface area contributed by atoms with E-state index in [2.05, 4.69) is 19.2 Å². The van der Waals surface area contributed by atoms with Gasteiger partial charge in [0, 0.05) is 11.1 Å². The normalized spacial score (nSPS) is 12.1. The number of para-hydroxylation sites is 2. The number of rotatable bonds is 4. The Labute approximate surface area is 140 Å². The third kappa shape index (κ3) is 3.08. The van der Waals surface area contributed by atoms with Crippen molar-refractivity contribution >= 4 is 22.6 Å². The lowest BCUT2D eigenvalue weighted by molar-refractivity contribution is 0.102. The van der Waals surface area contributed by atoms with Gasteiger partial charge in [0.25, 0.3) is 5.91 Å². The summed E-state index contributed by atoms with van der Waals surface area (Å²) in [6.07, 6.45) is 0.963. The SMILES string of the molecule is CCC(C)c1ccccc1NC(=O)c1cc2ccccc2oc1=O. The molecule has 0 aliphatic carbocycles. The molecular weight excluding hydrogens is 302 g/mol. The molecule has 3 rings (SSSR count). The van der Waals surface area contributed by atoms with Crippen molar-refractivity contribution in [3.05, 3.63) is 76.1 Å². The highest BCUT2D eigenvalue weighted by molar-refractivity contribution is 6.05. The second-order valence-corrected chi connectivity index (χ2v) is 5.84. The molecule has 4 heteroatoms. The van der Waals surface area contributed by atoms with Crippen LogP contribution in [0, 0.1) is 0 Å². The summed E-state index contributed by atoms with van der Waals surface area (Å²) in [6, 6.07) is 16.4. The van der Waals surface area contributed by atoms with Crippen LogP contribution in [0.2, 0.25) is 0 Å². The van der Waals surface area contributed by atoms with E-state index in [-0.39, 0.29) is 5.56 Å². The highest BCUT2D eigenvalue weighted by Gasteiger charge is 2.16. The number of anilines is 1. The highest BCUT2D eigenvalue weighted by Crippen LogP contribution is 2.26. The third-order valence-electron chi connectivity index (χ3n) is 4.24. The molecule has 0 spiro atoms. The monoisotopic (exact) mass is 321 g/mol. The van der Waals surface area contributed by atoms with Crippen LogP contribution in [0.15, 0.2) is 63.8 Å². The zero-order valence-electron chi connectivity index (χ0n) is 13.7. The Morgan fingerprint density at radius 1 is 1.12 bits per heavy atom. The summed E-state index contributed by atoms with van der Waals surface area (Å²) in [4.78, 5) is 24.7. The van der Waals surface area contributed by atoms with Gasteiger partial charge in [-0.3, -0.25) is 4.79 Å². The first-order chi connectivity index (χ1) is 11.6. The maximum Gasteiger partial charge on any atom is 0.349 e. The predicted molar refractivity (Wildman–Crippen MR) is 95.6 cm³/mol. The maximum absolute atomic E-state index is 12.6. The fourth-order valence-electron chi connectivity index (χ4n) is 2.67. The van der Waals surface area contributed by atoms with Crippen LogP contribution in [-0.4, -0.2) is 5.91 Å². The third-order valence-corrected chi connectivity index (χ3v) is 4.24. The second-order valence-electron chi connectivity index (χ2n) is 5.84. The van der Waals surface area contributed by atoms with Gasteiger partial charge >= 0.3 is 5.63 Å². The van der Waals surface area contributed by atoms with E-state index in [4.69, 9.17) is 4.42 Å². The second kappa shape index (κ2) is 6.71. The first-order valence-corrected chi connectivity index (χ1v) is 8.03. The molecule has 24 heavy (non-hydrogen) atoms. The lowest BCUT2D eigenvalue weighted by atomic mass is 9.97. The summed E-state index contributed by atoms with van der Waals surface area (Å²) in [6.45, 7) is 4.20. The van der Waals surface area contributed by atoms with Crippen molar-refractivity contribution in [2.75, 3.05) is 5.32 Å². The zero-order chi connectivity index (χ0) is 17.1. The van der Waals surface area contributed by atoms with Crippen molar-refractivity contribution in [3.63, 3.8) is 0 Å². The summed E-state index contributed by atoms with van der Waals surface area (Å²) in [5.74, 6) is -0.139. The van der Waals surface area contributed by atoms with E-state index in [1.807, 2.05) is 36.4 Å². The van der Waals surface area contributed by atoms with Crippen molar-refractivity contribution < 1.29 is 9.21 Å². The van der Waals surface area contributed by atoms with E-state index < -0.39 is 11.5 Å². The molecule has 4 nitrogen and oxygen atoms in total. The number of nitrogens with one attached hydrogen (secondary N) is 1. The molecule has 1 N–H and O–H groups in total. The van der Waals surface area contributed by atoms with Crippen molar-refractivity contribution in [1.82, 2.24) is 0 Å². The lowest BCUT2D eigenvalue weighted by Gasteiger charge is -2.15. The van der Waals surface area contributed by atoms with E-state index in [9.17, 15) is 9.59 Å². The first kappa shape index (κ1) is 16.0. The summed E-state index contributed by atoms with van der Waals surface area (Å²) in [7, 11) is 0. The van der Waals surface area contributed by atoms with Gasteiger partial charge in [0.05, 0.1) is 0 Å². The number of hydrogen-bond acceptors (Lipinski definition) is 3. The van der Waals surface area contributed by atoms with E-state index in [1.165, 1.54) is 0 Å².